The van der Waals surface area contributed by atoms with Crippen LogP contribution in [0.1, 0.15) is 16.3 Å². The number of carbonyl (C=O) groups is 1. The number of anilines is 1. The summed E-state index contributed by atoms with van der Waals surface area (Å²) >= 11 is 3.40. The lowest BCUT2D eigenvalue weighted by molar-refractivity contribution is 0.0992. The van der Waals surface area contributed by atoms with Crippen molar-refractivity contribution in [3.05, 3.63) is 76.7 Å². The van der Waals surface area contributed by atoms with Crippen molar-refractivity contribution in [2.45, 2.75) is 6.61 Å². The Morgan fingerprint density at radius 1 is 1.12 bits per heavy atom. The van der Waals surface area contributed by atoms with Gasteiger partial charge >= 0.3 is 0 Å². The topological polar surface area (TPSA) is 71.7 Å². The van der Waals surface area contributed by atoms with Crippen LogP contribution in [0.15, 0.2) is 69.6 Å². The third-order valence-electron chi connectivity index (χ3n) is 3.20. The fourth-order valence-electron chi connectivity index (χ4n) is 2.06. The molecule has 0 saturated heterocycles. The highest BCUT2D eigenvalue weighted by molar-refractivity contribution is 9.10. The Balaban J connectivity index is 1.62. The van der Waals surface area contributed by atoms with E-state index >= 15 is 0 Å². The van der Waals surface area contributed by atoms with Crippen molar-refractivity contribution < 1.29 is 19.1 Å². The van der Waals surface area contributed by atoms with E-state index < -0.39 is 5.91 Å². The fourth-order valence-corrected chi connectivity index (χ4v) is 2.46. The monoisotopic (exact) mass is 387 g/mol. The summed E-state index contributed by atoms with van der Waals surface area (Å²) in [5.41, 5.74) is 0.488. The lowest BCUT2D eigenvalue weighted by Gasteiger charge is -2.06. The largest absolute Gasteiger partial charge is 0.508 e. The van der Waals surface area contributed by atoms with Gasteiger partial charge in [-0.05, 0) is 52.3 Å². The SMILES string of the molecule is O=C(Nc1cccc(O)c1)c1ccc(COc2ccccc2Br)o1. The van der Waals surface area contributed by atoms with E-state index in [1.165, 1.54) is 12.1 Å². The number of halogens is 1. The first-order valence-corrected chi connectivity index (χ1v) is 7.97. The van der Waals surface area contributed by atoms with E-state index in [1.54, 1.807) is 24.3 Å². The first-order valence-electron chi connectivity index (χ1n) is 7.18. The van der Waals surface area contributed by atoms with E-state index in [2.05, 4.69) is 21.2 Å². The Morgan fingerprint density at radius 3 is 2.75 bits per heavy atom. The maximum absolute atomic E-state index is 12.1. The van der Waals surface area contributed by atoms with Crippen LogP contribution in [-0.2, 0) is 6.61 Å². The summed E-state index contributed by atoms with van der Waals surface area (Å²) in [5, 5.41) is 12.1. The molecule has 3 aromatic rings. The van der Waals surface area contributed by atoms with Gasteiger partial charge in [-0.1, -0.05) is 18.2 Å². The number of hydrogen-bond donors (Lipinski definition) is 2. The number of para-hydroxylation sites is 1. The molecular formula is C18H14BrNO4. The van der Waals surface area contributed by atoms with E-state index in [0.29, 0.717) is 17.2 Å². The van der Waals surface area contributed by atoms with Crippen LogP contribution in [0.3, 0.4) is 0 Å². The lowest BCUT2D eigenvalue weighted by atomic mass is 10.3. The van der Waals surface area contributed by atoms with E-state index in [1.807, 2.05) is 24.3 Å². The molecule has 3 rings (SSSR count). The minimum absolute atomic E-state index is 0.0785. The van der Waals surface area contributed by atoms with Gasteiger partial charge in [0.15, 0.2) is 5.76 Å². The molecule has 0 saturated carbocycles. The van der Waals surface area contributed by atoms with Gasteiger partial charge in [-0.2, -0.15) is 0 Å². The molecule has 1 amide bonds. The number of aromatic hydroxyl groups is 1. The molecule has 5 nitrogen and oxygen atoms in total. The van der Waals surface area contributed by atoms with Gasteiger partial charge in [0.05, 0.1) is 4.47 Å². The predicted octanol–water partition coefficient (Wildman–Crippen LogP) is 4.58. The van der Waals surface area contributed by atoms with Gasteiger partial charge in [-0.3, -0.25) is 4.79 Å². The van der Waals surface area contributed by atoms with Crippen molar-refractivity contribution in [3.63, 3.8) is 0 Å². The molecule has 0 atom stereocenters. The highest BCUT2D eigenvalue weighted by atomic mass is 79.9. The van der Waals surface area contributed by atoms with Crippen molar-refractivity contribution in [1.29, 1.82) is 0 Å². The lowest BCUT2D eigenvalue weighted by Crippen LogP contribution is -2.10. The summed E-state index contributed by atoms with van der Waals surface area (Å²) in [6.07, 6.45) is 0. The fraction of sp³-hybridized carbons (Fsp3) is 0.0556. The molecule has 0 aliphatic rings. The predicted molar refractivity (Wildman–Crippen MR) is 93.2 cm³/mol. The Labute approximate surface area is 147 Å². The van der Waals surface area contributed by atoms with E-state index in [9.17, 15) is 9.90 Å². The molecular weight excluding hydrogens is 374 g/mol. The summed E-state index contributed by atoms with van der Waals surface area (Å²) < 4.78 is 12.0. The average Bonchev–Trinajstić information content (AvgIpc) is 3.03. The minimum atomic E-state index is -0.396. The number of hydrogen-bond acceptors (Lipinski definition) is 4. The zero-order valence-corrected chi connectivity index (χ0v) is 14.1. The molecule has 0 spiro atoms. The van der Waals surface area contributed by atoms with Crippen LogP contribution in [0.25, 0.3) is 0 Å². The molecule has 6 heteroatoms. The Hall–Kier alpha value is -2.73. The van der Waals surface area contributed by atoms with Crippen LogP contribution in [0.2, 0.25) is 0 Å². The molecule has 24 heavy (non-hydrogen) atoms. The van der Waals surface area contributed by atoms with Gasteiger partial charge in [-0.15, -0.1) is 0 Å². The van der Waals surface area contributed by atoms with Crippen LogP contribution < -0.4 is 10.1 Å². The minimum Gasteiger partial charge on any atom is -0.508 e. The summed E-state index contributed by atoms with van der Waals surface area (Å²) in [5.74, 6) is 1.08. The molecule has 2 N–H and O–H groups in total. The summed E-state index contributed by atoms with van der Waals surface area (Å²) in [7, 11) is 0. The molecule has 0 aliphatic carbocycles. The summed E-state index contributed by atoms with van der Waals surface area (Å²) in [4.78, 5) is 12.1. The van der Waals surface area contributed by atoms with Crippen molar-refractivity contribution in [2.24, 2.45) is 0 Å². The molecule has 0 radical (unpaired) electrons. The molecule has 122 valence electrons. The van der Waals surface area contributed by atoms with Gasteiger partial charge in [0.2, 0.25) is 0 Å². The van der Waals surface area contributed by atoms with Gasteiger partial charge in [0.1, 0.15) is 23.9 Å². The van der Waals surface area contributed by atoms with Crippen molar-refractivity contribution in [2.75, 3.05) is 5.32 Å². The van der Waals surface area contributed by atoms with Crippen LogP contribution in [-0.4, -0.2) is 11.0 Å². The quantitative estimate of drug-likeness (QED) is 0.671. The Kier molecular flexibility index (Phi) is 4.86. The normalized spacial score (nSPS) is 10.4. The highest BCUT2D eigenvalue weighted by Gasteiger charge is 2.12. The molecule has 2 aromatic carbocycles. The van der Waals surface area contributed by atoms with Crippen molar-refractivity contribution in [1.82, 2.24) is 0 Å². The van der Waals surface area contributed by atoms with E-state index in [0.717, 1.165) is 4.47 Å². The third-order valence-corrected chi connectivity index (χ3v) is 3.85. The smallest absolute Gasteiger partial charge is 0.291 e. The number of furan rings is 1. The van der Waals surface area contributed by atoms with Gasteiger partial charge in [-0.25, -0.2) is 0 Å². The number of ether oxygens (including phenoxy) is 1. The van der Waals surface area contributed by atoms with E-state index in [4.69, 9.17) is 9.15 Å². The maximum atomic E-state index is 12.1. The van der Waals surface area contributed by atoms with Crippen molar-refractivity contribution in [3.8, 4) is 11.5 Å². The van der Waals surface area contributed by atoms with Gasteiger partial charge in [0, 0.05) is 11.8 Å². The molecule has 1 heterocycles. The summed E-state index contributed by atoms with van der Waals surface area (Å²) in [6.45, 7) is 0.210. The van der Waals surface area contributed by atoms with Gasteiger partial charge in [0.25, 0.3) is 5.91 Å². The van der Waals surface area contributed by atoms with Crippen molar-refractivity contribution >= 4 is 27.5 Å². The van der Waals surface area contributed by atoms with Crippen LogP contribution >= 0.6 is 15.9 Å². The Morgan fingerprint density at radius 2 is 1.96 bits per heavy atom. The first-order chi connectivity index (χ1) is 11.6. The number of rotatable bonds is 5. The number of benzene rings is 2. The zero-order valence-electron chi connectivity index (χ0n) is 12.5. The second-order valence-corrected chi connectivity index (χ2v) is 5.84. The van der Waals surface area contributed by atoms with Crippen LogP contribution in [0.4, 0.5) is 5.69 Å². The number of carbonyl (C=O) groups excluding carboxylic acids is 1. The zero-order chi connectivity index (χ0) is 16.9. The molecule has 0 fully saturated rings. The second kappa shape index (κ2) is 7.23. The average molecular weight is 388 g/mol. The molecule has 1 aromatic heterocycles. The first kappa shape index (κ1) is 16.1. The molecule has 0 unspecified atom stereocenters. The number of phenols is 1. The Bertz CT molecular complexity index is 859. The molecule has 0 bridgehead atoms. The second-order valence-electron chi connectivity index (χ2n) is 4.99. The standard InChI is InChI=1S/C18H14BrNO4/c19-15-6-1-2-7-16(15)23-11-14-8-9-17(24-14)18(22)20-12-4-3-5-13(21)10-12/h1-10,21H,11H2,(H,20,22). The van der Waals surface area contributed by atoms with Crippen LogP contribution in [0, 0.1) is 0 Å². The maximum Gasteiger partial charge on any atom is 0.291 e. The molecule has 0 aliphatic heterocycles. The van der Waals surface area contributed by atoms with Crippen LogP contribution in [0.5, 0.6) is 11.5 Å². The van der Waals surface area contributed by atoms with Gasteiger partial charge < -0.3 is 19.6 Å². The van der Waals surface area contributed by atoms with E-state index in [-0.39, 0.29) is 18.1 Å². The summed E-state index contributed by atoms with van der Waals surface area (Å²) in [6, 6.07) is 17.1. The third kappa shape index (κ3) is 3.97. The highest BCUT2D eigenvalue weighted by Crippen LogP contribution is 2.25. The number of nitrogens with one attached hydrogen (secondary N) is 1. The number of phenolic OH excluding ortho intramolecular Hbond substituents is 1. The number of amides is 1.